The van der Waals surface area contributed by atoms with Crippen LogP contribution in [-0.2, 0) is 6.42 Å². The first kappa shape index (κ1) is 8.52. The minimum absolute atomic E-state index is 0.215. The van der Waals surface area contributed by atoms with Crippen LogP contribution in [-0.4, -0.2) is 23.9 Å². The van der Waals surface area contributed by atoms with Crippen LogP contribution in [0.25, 0.3) is 9.53 Å². The molecule has 3 rings (SSSR count). The molecule has 0 unspecified atom stereocenters. The molecule has 3 nitrogen and oxygen atoms in total. The molecule has 0 radical (unpaired) electrons. The van der Waals surface area contributed by atoms with Gasteiger partial charge in [0.25, 0.3) is 0 Å². The van der Waals surface area contributed by atoms with Gasteiger partial charge >= 0.3 is 0 Å². The zero-order valence-corrected chi connectivity index (χ0v) is 9.00. The summed E-state index contributed by atoms with van der Waals surface area (Å²) < 4.78 is 1.19. The molecule has 72 valence electrons. The van der Waals surface area contributed by atoms with Gasteiger partial charge in [-0.3, -0.25) is 4.79 Å². The Kier molecular flexibility index (Phi) is 1.90. The van der Waals surface area contributed by atoms with Gasteiger partial charge in [-0.1, -0.05) is 0 Å². The van der Waals surface area contributed by atoms with Gasteiger partial charge < -0.3 is 5.32 Å². The van der Waals surface area contributed by atoms with Gasteiger partial charge in [-0.25, -0.2) is 4.98 Å². The van der Waals surface area contributed by atoms with Crippen LogP contribution in [0.1, 0.15) is 15.2 Å². The van der Waals surface area contributed by atoms with Gasteiger partial charge in [-0.15, -0.1) is 22.7 Å². The quantitative estimate of drug-likeness (QED) is 0.740. The van der Waals surface area contributed by atoms with Crippen LogP contribution in [0.15, 0.2) is 5.51 Å². The Labute approximate surface area is 88.8 Å². The molecule has 0 fully saturated rings. The van der Waals surface area contributed by atoms with E-state index in [0.717, 1.165) is 28.9 Å². The SMILES string of the molecule is O=C1CNCCc2c1sc1scnc21. The summed E-state index contributed by atoms with van der Waals surface area (Å²) in [7, 11) is 0. The number of nitrogens with zero attached hydrogens (tertiary/aromatic N) is 1. The first-order chi connectivity index (χ1) is 6.86. The van der Waals surface area contributed by atoms with Crippen molar-refractivity contribution < 1.29 is 4.79 Å². The van der Waals surface area contributed by atoms with Crippen LogP contribution in [0, 0.1) is 0 Å². The minimum Gasteiger partial charge on any atom is -0.309 e. The molecule has 0 amide bonds. The summed E-state index contributed by atoms with van der Waals surface area (Å²) in [4.78, 5) is 16.9. The maximum atomic E-state index is 11.7. The molecule has 14 heavy (non-hydrogen) atoms. The van der Waals surface area contributed by atoms with E-state index in [9.17, 15) is 4.79 Å². The molecule has 0 saturated heterocycles. The van der Waals surface area contributed by atoms with Crippen molar-refractivity contribution in [3.8, 4) is 0 Å². The van der Waals surface area contributed by atoms with Crippen LogP contribution < -0.4 is 5.32 Å². The highest BCUT2D eigenvalue weighted by atomic mass is 32.2. The summed E-state index contributed by atoms with van der Waals surface area (Å²) in [6.45, 7) is 1.35. The van der Waals surface area contributed by atoms with Crippen LogP contribution >= 0.6 is 22.7 Å². The van der Waals surface area contributed by atoms with E-state index in [0.29, 0.717) is 6.54 Å². The molecule has 0 bridgehead atoms. The highest BCUT2D eigenvalue weighted by Gasteiger charge is 2.21. The number of thiazole rings is 1. The number of carbonyl (C=O) groups excluding carboxylic acids is 1. The lowest BCUT2D eigenvalue weighted by Crippen LogP contribution is -2.20. The molecule has 2 aromatic heterocycles. The summed E-state index contributed by atoms with van der Waals surface area (Å²) in [5, 5.41) is 3.12. The molecule has 1 aliphatic rings. The minimum atomic E-state index is 0.215. The maximum absolute atomic E-state index is 11.7. The molecule has 0 saturated carbocycles. The summed E-state index contributed by atoms with van der Waals surface area (Å²) >= 11 is 3.22. The van der Waals surface area contributed by atoms with Crippen molar-refractivity contribution in [2.45, 2.75) is 6.42 Å². The largest absolute Gasteiger partial charge is 0.309 e. The fourth-order valence-electron chi connectivity index (χ4n) is 1.72. The van der Waals surface area contributed by atoms with Crippen LogP contribution in [0.2, 0.25) is 0 Å². The third-order valence-corrected chi connectivity index (χ3v) is 4.59. The first-order valence-corrected chi connectivity index (χ1v) is 6.14. The molecule has 0 aromatic carbocycles. The van der Waals surface area contributed by atoms with Crippen molar-refractivity contribution in [2.75, 3.05) is 13.1 Å². The highest BCUT2D eigenvalue weighted by Crippen LogP contribution is 2.34. The summed E-state index contributed by atoms with van der Waals surface area (Å²) in [6, 6.07) is 0. The summed E-state index contributed by atoms with van der Waals surface area (Å²) in [6.07, 6.45) is 0.921. The molecule has 2 aromatic rings. The Balaban J connectivity index is 2.29. The van der Waals surface area contributed by atoms with Crippen molar-refractivity contribution in [1.82, 2.24) is 10.3 Å². The predicted octanol–water partition coefficient (Wildman–Crippen LogP) is 1.69. The van der Waals surface area contributed by atoms with E-state index in [2.05, 4.69) is 10.3 Å². The lowest BCUT2D eigenvalue weighted by Gasteiger charge is -1.93. The number of hydrogen-bond donors (Lipinski definition) is 1. The number of nitrogens with one attached hydrogen (secondary N) is 1. The van der Waals surface area contributed by atoms with Gasteiger partial charge in [0.2, 0.25) is 0 Å². The molecule has 1 aliphatic heterocycles. The normalized spacial score (nSPS) is 17.0. The number of carbonyl (C=O) groups is 1. The van der Waals surface area contributed by atoms with Crippen LogP contribution in [0.3, 0.4) is 0 Å². The van der Waals surface area contributed by atoms with Gasteiger partial charge in [0.05, 0.1) is 22.4 Å². The molecule has 0 atom stereocenters. The predicted molar refractivity (Wildman–Crippen MR) is 58.4 cm³/mol. The van der Waals surface area contributed by atoms with Gasteiger partial charge in [-0.05, 0) is 13.0 Å². The Hall–Kier alpha value is -0.780. The number of Topliss-reactive ketones (excluding diaryl/α,β-unsaturated/α-hetero) is 1. The molecule has 1 N–H and O–H groups in total. The lowest BCUT2D eigenvalue weighted by atomic mass is 10.1. The Morgan fingerprint density at radius 3 is 3.36 bits per heavy atom. The molecule has 3 heterocycles. The monoisotopic (exact) mass is 224 g/mol. The number of ketones is 1. The van der Waals surface area contributed by atoms with Crippen LogP contribution in [0.4, 0.5) is 0 Å². The molecule has 5 heteroatoms. The topological polar surface area (TPSA) is 42.0 Å². The van der Waals surface area contributed by atoms with E-state index in [-0.39, 0.29) is 5.78 Å². The van der Waals surface area contributed by atoms with Crippen molar-refractivity contribution in [1.29, 1.82) is 0 Å². The van der Waals surface area contributed by atoms with Crippen molar-refractivity contribution in [2.24, 2.45) is 0 Å². The number of rotatable bonds is 0. The second-order valence-electron chi connectivity index (χ2n) is 3.25. The third-order valence-electron chi connectivity index (χ3n) is 2.38. The molecular formula is C9H8N2OS2. The average Bonchev–Trinajstić information content (AvgIpc) is 2.68. The van der Waals surface area contributed by atoms with Crippen molar-refractivity contribution in [3.63, 3.8) is 0 Å². The summed E-state index contributed by atoms with van der Waals surface area (Å²) in [5.41, 5.74) is 4.05. The van der Waals surface area contributed by atoms with Gasteiger partial charge in [0, 0.05) is 5.56 Å². The van der Waals surface area contributed by atoms with E-state index in [4.69, 9.17) is 0 Å². The molecule has 0 aliphatic carbocycles. The van der Waals surface area contributed by atoms with E-state index in [1.807, 2.05) is 5.51 Å². The fourth-order valence-corrected chi connectivity index (χ4v) is 3.80. The Morgan fingerprint density at radius 2 is 2.43 bits per heavy atom. The highest BCUT2D eigenvalue weighted by molar-refractivity contribution is 7.38. The number of thiophene rings is 1. The number of aromatic nitrogens is 1. The fraction of sp³-hybridized carbons (Fsp3) is 0.333. The third kappa shape index (κ3) is 1.13. The first-order valence-electron chi connectivity index (χ1n) is 4.45. The standard InChI is InChI=1S/C9H8N2OS2/c12-6-3-10-2-1-5-7-9(13-4-11-7)14-8(5)6/h4,10H,1-3H2. The zero-order chi connectivity index (χ0) is 9.54. The van der Waals surface area contributed by atoms with Gasteiger partial charge in [0.15, 0.2) is 5.78 Å². The number of fused-ring (bicyclic) bond motifs is 3. The van der Waals surface area contributed by atoms with E-state index in [1.54, 1.807) is 22.7 Å². The second-order valence-corrected chi connectivity index (χ2v) is 5.38. The maximum Gasteiger partial charge on any atom is 0.186 e. The Morgan fingerprint density at radius 1 is 1.50 bits per heavy atom. The smallest absolute Gasteiger partial charge is 0.186 e. The lowest BCUT2D eigenvalue weighted by molar-refractivity contribution is 0.0997. The van der Waals surface area contributed by atoms with Crippen LogP contribution in [0.5, 0.6) is 0 Å². The average molecular weight is 224 g/mol. The Bertz CT molecular complexity index is 500. The van der Waals surface area contributed by atoms with Gasteiger partial charge in [-0.2, -0.15) is 0 Å². The second kappa shape index (κ2) is 3.12. The van der Waals surface area contributed by atoms with E-state index >= 15 is 0 Å². The van der Waals surface area contributed by atoms with Crippen molar-refractivity contribution in [3.05, 3.63) is 16.0 Å². The number of hydrogen-bond acceptors (Lipinski definition) is 5. The molecular weight excluding hydrogens is 216 g/mol. The van der Waals surface area contributed by atoms with E-state index < -0.39 is 0 Å². The molecule has 0 spiro atoms. The summed E-state index contributed by atoms with van der Waals surface area (Å²) in [5.74, 6) is 0.215. The van der Waals surface area contributed by atoms with E-state index in [1.165, 1.54) is 4.01 Å². The zero-order valence-electron chi connectivity index (χ0n) is 7.37. The van der Waals surface area contributed by atoms with Gasteiger partial charge in [0.1, 0.15) is 4.01 Å². The van der Waals surface area contributed by atoms with Crippen molar-refractivity contribution >= 4 is 38.0 Å².